The number of likely N-dealkylation sites (tertiary alicyclic amines) is 1. The first-order chi connectivity index (χ1) is 13.8. The van der Waals surface area contributed by atoms with Gasteiger partial charge < -0.3 is 9.88 Å². The van der Waals surface area contributed by atoms with Crippen molar-refractivity contribution in [2.45, 2.75) is 19.0 Å². The van der Waals surface area contributed by atoms with E-state index in [1.165, 1.54) is 17.7 Å². The second-order valence-electron chi connectivity index (χ2n) is 6.60. The van der Waals surface area contributed by atoms with Crippen LogP contribution in [0.3, 0.4) is 0 Å². The third kappa shape index (κ3) is 4.54. The van der Waals surface area contributed by atoms with Gasteiger partial charge in [-0.25, -0.2) is 14.4 Å². The van der Waals surface area contributed by atoms with E-state index in [0.29, 0.717) is 6.54 Å². The summed E-state index contributed by atoms with van der Waals surface area (Å²) in [5.74, 6) is 5.56. The second kappa shape index (κ2) is 8.93. The minimum atomic E-state index is -0.113. The number of nitrogens with zero attached hydrogens (tertiary/aromatic N) is 2. The van der Waals surface area contributed by atoms with E-state index in [1.807, 2.05) is 54.9 Å². The summed E-state index contributed by atoms with van der Waals surface area (Å²) < 4.78 is 6.73. The van der Waals surface area contributed by atoms with Crippen LogP contribution in [0.1, 0.15) is 17.5 Å². The number of fused-ring (bicyclic) bond motifs is 1. The van der Waals surface area contributed by atoms with Crippen molar-refractivity contribution in [1.82, 2.24) is 24.3 Å². The summed E-state index contributed by atoms with van der Waals surface area (Å²) >= 11 is 1.48. The fraction of sp³-hybridized carbons (Fsp3) is 0.238. The largest absolute Gasteiger partial charge is 0.346 e. The lowest BCUT2D eigenvalue weighted by Gasteiger charge is -2.14. The molecule has 142 valence electrons. The van der Waals surface area contributed by atoms with Crippen molar-refractivity contribution in [2.75, 3.05) is 13.1 Å². The van der Waals surface area contributed by atoms with E-state index >= 15 is 0 Å². The number of nitrogens with one attached hydrogen (secondary N) is 3. The Morgan fingerprint density at radius 1 is 1.29 bits per heavy atom. The molecular weight excluding hydrogens is 370 g/mol. The molecule has 0 bridgehead atoms. The van der Waals surface area contributed by atoms with Crippen LogP contribution >= 0.6 is 12.1 Å². The first-order valence-corrected chi connectivity index (χ1v) is 10.0. The Kier molecular flexibility index (Phi) is 5.92. The van der Waals surface area contributed by atoms with Crippen LogP contribution in [0.25, 0.3) is 11.0 Å². The quantitative estimate of drug-likeness (QED) is 0.354. The zero-order chi connectivity index (χ0) is 19.2. The third-order valence-electron chi connectivity index (χ3n) is 4.67. The summed E-state index contributed by atoms with van der Waals surface area (Å²) in [5.41, 5.74) is 2.95. The number of rotatable bonds is 5. The number of aromatic amines is 1. The summed E-state index contributed by atoms with van der Waals surface area (Å²) in [7, 11) is 0. The molecule has 0 radical (unpaired) electrons. The zero-order valence-corrected chi connectivity index (χ0v) is 16.1. The molecule has 1 amide bonds. The molecule has 1 saturated heterocycles. The summed E-state index contributed by atoms with van der Waals surface area (Å²) in [6.45, 7) is 2.13. The molecule has 0 saturated carbocycles. The van der Waals surface area contributed by atoms with Crippen molar-refractivity contribution >= 4 is 29.1 Å². The van der Waals surface area contributed by atoms with Gasteiger partial charge in [-0.15, -0.1) is 0 Å². The van der Waals surface area contributed by atoms with Crippen molar-refractivity contribution in [3.63, 3.8) is 0 Å². The second-order valence-corrected chi connectivity index (χ2v) is 7.33. The molecule has 0 aliphatic carbocycles. The SMILES string of the molecule is O=C(C#Cc1ccccc1)N1CCC(NSNCc2ccnc3[nH]ccc23)C1. The molecule has 6 nitrogen and oxygen atoms in total. The average molecular weight is 392 g/mol. The van der Waals surface area contributed by atoms with E-state index in [4.69, 9.17) is 0 Å². The van der Waals surface area contributed by atoms with Gasteiger partial charge in [-0.05, 0) is 36.2 Å². The smallest absolute Gasteiger partial charge is 0.298 e. The summed E-state index contributed by atoms with van der Waals surface area (Å²) in [5, 5.41) is 1.13. The van der Waals surface area contributed by atoms with Gasteiger partial charge in [0.05, 0.1) is 0 Å². The zero-order valence-electron chi connectivity index (χ0n) is 15.3. The molecule has 7 heteroatoms. The van der Waals surface area contributed by atoms with E-state index < -0.39 is 0 Å². The van der Waals surface area contributed by atoms with Gasteiger partial charge in [0, 0.05) is 67.1 Å². The van der Waals surface area contributed by atoms with Crippen molar-refractivity contribution in [3.05, 3.63) is 66.0 Å². The Labute approximate surface area is 168 Å². The highest BCUT2D eigenvalue weighted by Crippen LogP contribution is 2.16. The number of carbonyl (C=O) groups excluding carboxylic acids is 1. The van der Waals surface area contributed by atoms with Gasteiger partial charge in [-0.1, -0.05) is 24.1 Å². The average Bonchev–Trinajstić information content (AvgIpc) is 3.40. The molecule has 0 spiro atoms. The number of benzene rings is 1. The number of hydrogen-bond acceptors (Lipinski definition) is 5. The van der Waals surface area contributed by atoms with Gasteiger partial charge in [-0.2, -0.15) is 0 Å². The summed E-state index contributed by atoms with van der Waals surface area (Å²) in [6.07, 6.45) is 4.63. The van der Waals surface area contributed by atoms with Crippen molar-refractivity contribution in [3.8, 4) is 11.8 Å². The maximum Gasteiger partial charge on any atom is 0.298 e. The Balaban J connectivity index is 1.21. The van der Waals surface area contributed by atoms with Crippen molar-refractivity contribution < 1.29 is 4.79 Å². The Morgan fingerprint density at radius 3 is 3.07 bits per heavy atom. The van der Waals surface area contributed by atoms with Gasteiger partial charge in [0.25, 0.3) is 5.91 Å². The molecule has 3 heterocycles. The molecule has 1 unspecified atom stereocenters. The standard InChI is InChI=1S/C21H21N5OS/c27-20(7-6-16-4-2-1-3-5-16)26-13-10-18(15-26)25-28-24-14-17-8-11-22-21-19(17)9-12-23-21/h1-5,8-9,11-12,18,24-25H,10,13-15H2,(H,22,23). The number of pyridine rings is 1. The maximum atomic E-state index is 12.3. The van der Waals surface area contributed by atoms with Gasteiger partial charge in [0.15, 0.2) is 0 Å². The van der Waals surface area contributed by atoms with Crippen LogP contribution in [0.2, 0.25) is 0 Å². The normalized spacial score (nSPS) is 16.1. The molecule has 1 aliphatic rings. The Morgan fingerprint density at radius 2 is 2.18 bits per heavy atom. The van der Waals surface area contributed by atoms with Crippen LogP contribution in [-0.4, -0.2) is 39.9 Å². The van der Waals surface area contributed by atoms with Crippen molar-refractivity contribution in [1.29, 1.82) is 0 Å². The number of carbonyl (C=O) groups is 1. The Hall–Kier alpha value is -2.79. The van der Waals surface area contributed by atoms with Crippen molar-refractivity contribution in [2.24, 2.45) is 0 Å². The summed E-state index contributed by atoms with van der Waals surface area (Å²) in [4.78, 5) is 21.5. The van der Waals surface area contributed by atoms with Gasteiger partial charge in [0.1, 0.15) is 5.65 Å². The highest BCUT2D eigenvalue weighted by atomic mass is 32.2. The maximum absolute atomic E-state index is 12.3. The van der Waals surface area contributed by atoms with Crippen LogP contribution in [-0.2, 0) is 11.3 Å². The van der Waals surface area contributed by atoms with Crippen LogP contribution in [0.15, 0.2) is 54.9 Å². The van der Waals surface area contributed by atoms with E-state index in [0.717, 1.165) is 36.1 Å². The molecular formula is C21H21N5OS. The molecule has 3 N–H and O–H groups in total. The first kappa shape index (κ1) is 18.6. The highest BCUT2D eigenvalue weighted by molar-refractivity contribution is 7.95. The molecule has 1 aliphatic heterocycles. The number of H-pyrrole nitrogens is 1. The topological polar surface area (TPSA) is 73.1 Å². The molecule has 4 rings (SSSR count). The molecule has 1 aromatic carbocycles. The number of aromatic nitrogens is 2. The molecule has 1 fully saturated rings. The lowest BCUT2D eigenvalue weighted by molar-refractivity contribution is -0.124. The van der Waals surface area contributed by atoms with Crippen LogP contribution in [0.4, 0.5) is 0 Å². The van der Waals surface area contributed by atoms with Crippen LogP contribution in [0, 0.1) is 11.8 Å². The Bertz CT molecular complexity index is 1010. The summed E-state index contributed by atoms with van der Waals surface area (Å²) in [6, 6.07) is 13.9. The number of amides is 1. The first-order valence-electron chi connectivity index (χ1n) is 9.21. The van der Waals surface area contributed by atoms with Gasteiger partial charge in [0.2, 0.25) is 0 Å². The van der Waals surface area contributed by atoms with E-state index in [9.17, 15) is 4.79 Å². The molecule has 2 aromatic heterocycles. The van der Waals surface area contributed by atoms with E-state index in [1.54, 1.807) is 4.90 Å². The third-order valence-corrected chi connectivity index (χ3v) is 5.41. The van der Waals surface area contributed by atoms with E-state index in [2.05, 4.69) is 31.3 Å². The lowest BCUT2D eigenvalue weighted by Crippen LogP contribution is -2.33. The predicted octanol–water partition coefficient (Wildman–Crippen LogP) is 2.46. The minimum absolute atomic E-state index is 0.113. The molecule has 3 aromatic rings. The van der Waals surface area contributed by atoms with Crippen LogP contribution < -0.4 is 9.44 Å². The van der Waals surface area contributed by atoms with Gasteiger partial charge in [-0.3, -0.25) is 4.79 Å². The van der Waals surface area contributed by atoms with Gasteiger partial charge >= 0.3 is 0 Å². The van der Waals surface area contributed by atoms with E-state index in [-0.39, 0.29) is 11.9 Å². The highest BCUT2D eigenvalue weighted by Gasteiger charge is 2.25. The fourth-order valence-electron chi connectivity index (χ4n) is 3.18. The number of hydrogen-bond donors (Lipinski definition) is 3. The monoisotopic (exact) mass is 391 g/mol. The molecule has 28 heavy (non-hydrogen) atoms. The lowest BCUT2D eigenvalue weighted by atomic mass is 10.2. The molecule has 1 atom stereocenters. The minimum Gasteiger partial charge on any atom is -0.346 e. The fourth-order valence-corrected chi connectivity index (χ4v) is 3.85. The van der Waals surface area contributed by atoms with Crippen LogP contribution in [0.5, 0.6) is 0 Å². The predicted molar refractivity (Wildman–Crippen MR) is 112 cm³/mol.